The Morgan fingerprint density at radius 2 is 2.33 bits per heavy atom. The van der Waals surface area contributed by atoms with Crippen LogP contribution in [0.5, 0.6) is 0 Å². The Hall–Kier alpha value is -1.62. The first-order chi connectivity index (χ1) is 8.58. The molecule has 2 rings (SSSR count). The van der Waals surface area contributed by atoms with Crippen LogP contribution in [0.2, 0.25) is 0 Å². The number of nitrogens with two attached hydrogens (primary N) is 1. The zero-order valence-corrected chi connectivity index (χ0v) is 10.9. The fraction of sp³-hybridized carbons (Fsp3) is 0.538. The molecule has 5 nitrogen and oxygen atoms in total. The van der Waals surface area contributed by atoms with E-state index < -0.39 is 0 Å². The van der Waals surface area contributed by atoms with Gasteiger partial charge in [-0.25, -0.2) is 0 Å². The van der Waals surface area contributed by atoms with E-state index in [1.54, 1.807) is 6.07 Å². The van der Waals surface area contributed by atoms with E-state index in [1.165, 1.54) is 19.0 Å². The number of amides is 1. The molecule has 3 N–H and O–H groups in total. The van der Waals surface area contributed by atoms with Gasteiger partial charge in [0.25, 0.3) is 5.91 Å². The molecular weight excluding hydrogens is 228 g/mol. The van der Waals surface area contributed by atoms with Crippen LogP contribution in [0, 0.1) is 6.92 Å². The fourth-order valence-electron chi connectivity index (χ4n) is 1.91. The van der Waals surface area contributed by atoms with Crippen LogP contribution in [-0.2, 0) is 0 Å². The summed E-state index contributed by atoms with van der Waals surface area (Å²) in [5, 5.41) is 2.87. The summed E-state index contributed by atoms with van der Waals surface area (Å²) in [5.74, 6) is -0.149. The minimum Gasteiger partial charge on any atom is -0.398 e. The Bertz CT molecular complexity index is 443. The molecule has 18 heavy (non-hydrogen) atoms. The van der Waals surface area contributed by atoms with Gasteiger partial charge in [-0.15, -0.1) is 0 Å². The smallest absolute Gasteiger partial charge is 0.254 e. The summed E-state index contributed by atoms with van der Waals surface area (Å²) in [6.45, 7) is 3.36. The highest BCUT2D eigenvalue weighted by Crippen LogP contribution is 2.24. The summed E-state index contributed by atoms with van der Waals surface area (Å²) in [6.07, 6.45) is 4.09. The molecule has 0 unspecified atom stereocenters. The number of aromatic nitrogens is 1. The molecule has 0 aromatic carbocycles. The van der Waals surface area contributed by atoms with E-state index in [2.05, 4.69) is 22.2 Å². The Balaban J connectivity index is 1.83. The van der Waals surface area contributed by atoms with Crippen molar-refractivity contribution in [1.29, 1.82) is 0 Å². The van der Waals surface area contributed by atoms with Gasteiger partial charge in [0.1, 0.15) is 0 Å². The van der Waals surface area contributed by atoms with E-state index in [0.29, 0.717) is 23.8 Å². The zero-order chi connectivity index (χ0) is 13.1. The van der Waals surface area contributed by atoms with Crippen molar-refractivity contribution in [3.05, 3.63) is 23.5 Å². The maximum atomic E-state index is 11.9. The summed E-state index contributed by atoms with van der Waals surface area (Å²) in [6, 6.07) is 2.43. The van der Waals surface area contributed by atoms with Crippen molar-refractivity contribution in [3.8, 4) is 0 Å². The standard InChI is InChI=1S/C13H20N4O/c1-9-7-12(14)11(8-16-9)13(18)15-5-6-17(2)10-3-4-10/h7-8,10H,3-6H2,1-2H3,(H2,14,16)(H,15,18). The molecule has 1 saturated carbocycles. The molecule has 0 atom stereocenters. The molecule has 0 radical (unpaired) electrons. The molecule has 0 saturated heterocycles. The van der Waals surface area contributed by atoms with Crippen molar-refractivity contribution >= 4 is 11.6 Å². The zero-order valence-electron chi connectivity index (χ0n) is 10.9. The summed E-state index contributed by atoms with van der Waals surface area (Å²) < 4.78 is 0. The second-order valence-electron chi connectivity index (χ2n) is 4.88. The van der Waals surface area contributed by atoms with Crippen LogP contribution < -0.4 is 11.1 Å². The van der Waals surface area contributed by atoms with Crippen LogP contribution in [0.3, 0.4) is 0 Å². The number of anilines is 1. The van der Waals surface area contributed by atoms with E-state index in [-0.39, 0.29) is 5.91 Å². The average Bonchev–Trinajstić information content (AvgIpc) is 3.12. The van der Waals surface area contributed by atoms with E-state index in [4.69, 9.17) is 5.73 Å². The number of nitrogens with one attached hydrogen (secondary N) is 1. The maximum absolute atomic E-state index is 11.9. The largest absolute Gasteiger partial charge is 0.398 e. The van der Waals surface area contributed by atoms with Gasteiger partial charge >= 0.3 is 0 Å². The van der Waals surface area contributed by atoms with Gasteiger partial charge in [-0.3, -0.25) is 9.78 Å². The van der Waals surface area contributed by atoms with Gasteiger partial charge in [0.05, 0.1) is 5.56 Å². The van der Waals surface area contributed by atoms with Crippen LogP contribution in [0.4, 0.5) is 5.69 Å². The highest BCUT2D eigenvalue weighted by Gasteiger charge is 2.25. The number of hydrogen-bond donors (Lipinski definition) is 2. The van der Waals surface area contributed by atoms with Crippen molar-refractivity contribution < 1.29 is 4.79 Å². The lowest BCUT2D eigenvalue weighted by Crippen LogP contribution is -2.34. The highest BCUT2D eigenvalue weighted by molar-refractivity contribution is 5.98. The molecule has 98 valence electrons. The van der Waals surface area contributed by atoms with Crippen LogP contribution in [-0.4, -0.2) is 42.0 Å². The molecule has 1 aromatic rings. The third-order valence-corrected chi connectivity index (χ3v) is 3.24. The lowest BCUT2D eigenvalue weighted by Gasteiger charge is -2.15. The number of carbonyl (C=O) groups excluding carboxylic acids is 1. The molecule has 1 aromatic heterocycles. The molecule has 1 amide bonds. The van der Waals surface area contributed by atoms with Gasteiger partial charge in [-0.05, 0) is 32.9 Å². The quantitative estimate of drug-likeness (QED) is 0.808. The lowest BCUT2D eigenvalue weighted by molar-refractivity contribution is 0.0950. The maximum Gasteiger partial charge on any atom is 0.254 e. The third kappa shape index (κ3) is 3.20. The SMILES string of the molecule is Cc1cc(N)c(C(=O)NCCN(C)C2CC2)cn1. The third-order valence-electron chi connectivity index (χ3n) is 3.24. The second-order valence-corrected chi connectivity index (χ2v) is 4.88. The van der Waals surface area contributed by atoms with E-state index in [9.17, 15) is 4.79 Å². The summed E-state index contributed by atoms with van der Waals surface area (Å²) in [7, 11) is 2.09. The normalized spacial score (nSPS) is 14.8. The van der Waals surface area contributed by atoms with E-state index in [1.807, 2.05) is 6.92 Å². The minimum absolute atomic E-state index is 0.149. The Morgan fingerprint density at radius 1 is 1.61 bits per heavy atom. The Morgan fingerprint density at radius 3 is 2.94 bits per heavy atom. The van der Waals surface area contributed by atoms with Gasteiger partial charge in [0.15, 0.2) is 0 Å². The van der Waals surface area contributed by atoms with Crippen LogP contribution in [0.25, 0.3) is 0 Å². The molecule has 0 spiro atoms. The van der Waals surface area contributed by atoms with Gasteiger partial charge in [0, 0.05) is 36.7 Å². The Labute approximate surface area is 107 Å². The van der Waals surface area contributed by atoms with E-state index >= 15 is 0 Å². The van der Waals surface area contributed by atoms with Crippen molar-refractivity contribution in [2.45, 2.75) is 25.8 Å². The van der Waals surface area contributed by atoms with E-state index in [0.717, 1.165) is 12.2 Å². The van der Waals surface area contributed by atoms with Gasteiger partial charge in [-0.1, -0.05) is 0 Å². The predicted octanol–water partition coefficient (Wildman–Crippen LogP) is 0.796. The molecule has 0 aliphatic heterocycles. The monoisotopic (exact) mass is 248 g/mol. The molecule has 0 bridgehead atoms. The first-order valence-electron chi connectivity index (χ1n) is 6.28. The van der Waals surface area contributed by atoms with Crippen molar-refractivity contribution in [1.82, 2.24) is 15.2 Å². The molecule has 1 aliphatic carbocycles. The van der Waals surface area contributed by atoms with Crippen LogP contribution >= 0.6 is 0 Å². The molecule has 1 aliphatic rings. The van der Waals surface area contributed by atoms with Crippen molar-refractivity contribution in [3.63, 3.8) is 0 Å². The van der Waals surface area contributed by atoms with Gasteiger partial charge < -0.3 is 16.0 Å². The highest BCUT2D eigenvalue weighted by atomic mass is 16.1. The number of carbonyl (C=O) groups is 1. The molecule has 1 fully saturated rings. The minimum atomic E-state index is -0.149. The van der Waals surface area contributed by atoms with Crippen molar-refractivity contribution in [2.75, 3.05) is 25.9 Å². The first-order valence-corrected chi connectivity index (χ1v) is 6.28. The fourth-order valence-corrected chi connectivity index (χ4v) is 1.91. The summed E-state index contributed by atoms with van der Waals surface area (Å²) in [5.41, 5.74) is 7.55. The molecule has 5 heteroatoms. The number of nitrogen functional groups attached to an aromatic ring is 1. The van der Waals surface area contributed by atoms with Gasteiger partial charge in [-0.2, -0.15) is 0 Å². The van der Waals surface area contributed by atoms with Crippen LogP contribution in [0.1, 0.15) is 28.9 Å². The lowest BCUT2D eigenvalue weighted by atomic mass is 10.2. The number of nitrogens with zero attached hydrogens (tertiary/aromatic N) is 2. The molecular formula is C13H20N4O. The molecule has 1 heterocycles. The number of aryl methyl sites for hydroxylation is 1. The van der Waals surface area contributed by atoms with Crippen LogP contribution in [0.15, 0.2) is 12.3 Å². The second kappa shape index (κ2) is 5.35. The van der Waals surface area contributed by atoms with Gasteiger partial charge in [0.2, 0.25) is 0 Å². The number of rotatable bonds is 5. The summed E-state index contributed by atoms with van der Waals surface area (Å²) in [4.78, 5) is 18.3. The number of hydrogen-bond acceptors (Lipinski definition) is 4. The number of likely N-dealkylation sites (N-methyl/N-ethyl adjacent to an activating group) is 1. The first kappa shape index (κ1) is 12.8. The number of pyridine rings is 1. The summed E-state index contributed by atoms with van der Waals surface area (Å²) >= 11 is 0. The van der Waals surface area contributed by atoms with Crippen molar-refractivity contribution in [2.24, 2.45) is 0 Å². The Kier molecular flexibility index (Phi) is 3.81. The predicted molar refractivity (Wildman–Crippen MR) is 71.4 cm³/mol. The average molecular weight is 248 g/mol. The topological polar surface area (TPSA) is 71.2 Å².